The Bertz CT molecular complexity index is 1390. The van der Waals surface area contributed by atoms with Crippen LogP contribution in [0.1, 0.15) is 30.5 Å². The van der Waals surface area contributed by atoms with Gasteiger partial charge in [0.1, 0.15) is 24.7 Å². The van der Waals surface area contributed by atoms with Crippen LogP contribution in [0.4, 0.5) is 14.9 Å². The Hall–Kier alpha value is -4.66. The molecule has 196 valence electrons. The van der Waals surface area contributed by atoms with Crippen molar-refractivity contribution in [2.45, 2.75) is 26.9 Å². The number of urea groups is 1. The van der Waals surface area contributed by atoms with Gasteiger partial charge >= 0.3 is 6.03 Å². The Morgan fingerprint density at radius 2 is 1.71 bits per heavy atom. The Morgan fingerprint density at radius 1 is 0.974 bits per heavy atom. The van der Waals surface area contributed by atoms with Crippen molar-refractivity contribution >= 4 is 29.6 Å². The van der Waals surface area contributed by atoms with E-state index in [0.29, 0.717) is 34.9 Å². The van der Waals surface area contributed by atoms with Gasteiger partial charge in [-0.15, -0.1) is 0 Å². The van der Waals surface area contributed by atoms with E-state index in [1.807, 2.05) is 26.0 Å². The topological polar surface area (TPSA) is 97.0 Å². The van der Waals surface area contributed by atoms with Crippen LogP contribution in [0.3, 0.4) is 0 Å². The molecule has 2 N–H and O–H groups in total. The van der Waals surface area contributed by atoms with Gasteiger partial charge in [0.25, 0.3) is 5.91 Å². The highest BCUT2D eigenvalue weighted by Gasteiger charge is 2.35. The number of hydrogen-bond acceptors (Lipinski definition) is 5. The fourth-order valence-corrected chi connectivity index (χ4v) is 3.94. The molecule has 1 heterocycles. The predicted molar refractivity (Wildman–Crippen MR) is 141 cm³/mol. The zero-order valence-electron chi connectivity index (χ0n) is 21.1. The second kappa shape index (κ2) is 12.1. The zero-order valence-corrected chi connectivity index (χ0v) is 21.1. The number of benzene rings is 3. The van der Waals surface area contributed by atoms with Gasteiger partial charge in [0.15, 0.2) is 11.5 Å². The fourth-order valence-electron chi connectivity index (χ4n) is 3.94. The van der Waals surface area contributed by atoms with Crippen molar-refractivity contribution in [2.75, 3.05) is 18.5 Å². The number of hydrogen-bond donors (Lipinski definition) is 2. The van der Waals surface area contributed by atoms with Crippen molar-refractivity contribution in [1.82, 2.24) is 10.2 Å². The molecule has 38 heavy (non-hydrogen) atoms. The molecule has 1 aliphatic heterocycles. The van der Waals surface area contributed by atoms with Gasteiger partial charge in [-0.1, -0.05) is 49.4 Å². The van der Waals surface area contributed by atoms with Crippen molar-refractivity contribution in [3.63, 3.8) is 0 Å². The third-order valence-electron chi connectivity index (χ3n) is 5.86. The van der Waals surface area contributed by atoms with Crippen molar-refractivity contribution in [3.8, 4) is 11.5 Å². The maximum atomic E-state index is 13.9. The first-order valence-electron chi connectivity index (χ1n) is 12.2. The number of rotatable bonds is 10. The number of anilines is 1. The maximum Gasteiger partial charge on any atom is 0.329 e. The predicted octanol–water partition coefficient (Wildman–Crippen LogP) is 4.90. The third-order valence-corrected chi connectivity index (χ3v) is 5.86. The summed E-state index contributed by atoms with van der Waals surface area (Å²) in [6.45, 7) is 3.73. The number of nitrogens with zero attached hydrogens (tertiary/aromatic N) is 1. The summed E-state index contributed by atoms with van der Waals surface area (Å²) in [7, 11) is 0. The van der Waals surface area contributed by atoms with Crippen molar-refractivity contribution in [1.29, 1.82) is 0 Å². The SMILES string of the molecule is CCOc1cc(/C=C2/NC(=O)N(CC(=O)Nc3ccccc3CC)C2=O)ccc1OCc1ccccc1F. The normalized spacial score (nSPS) is 14.0. The average molecular weight is 518 g/mol. The molecule has 4 amide bonds. The van der Waals surface area contributed by atoms with Gasteiger partial charge in [-0.3, -0.25) is 9.59 Å². The van der Waals surface area contributed by atoms with E-state index in [1.165, 1.54) is 12.1 Å². The van der Waals surface area contributed by atoms with E-state index in [1.54, 1.807) is 48.5 Å². The first-order valence-corrected chi connectivity index (χ1v) is 12.2. The Labute approximate surface area is 220 Å². The number of aryl methyl sites for hydroxylation is 1. The van der Waals surface area contributed by atoms with Crippen LogP contribution < -0.4 is 20.1 Å². The quantitative estimate of drug-likeness (QED) is 0.295. The molecule has 8 nitrogen and oxygen atoms in total. The molecule has 0 aliphatic carbocycles. The highest BCUT2D eigenvalue weighted by Crippen LogP contribution is 2.30. The lowest BCUT2D eigenvalue weighted by Gasteiger charge is -2.14. The molecule has 4 rings (SSSR count). The summed E-state index contributed by atoms with van der Waals surface area (Å²) in [5, 5.41) is 5.28. The number of carbonyl (C=O) groups is 3. The molecule has 1 fully saturated rings. The fraction of sp³-hybridized carbons (Fsp3) is 0.207. The maximum absolute atomic E-state index is 13.9. The number of amides is 4. The van der Waals surface area contributed by atoms with Gasteiger partial charge in [-0.25, -0.2) is 14.1 Å². The molecule has 1 saturated heterocycles. The summed E-state index contributed by atoms with van der Waals surface area (Å²) in [5.74, 6) is -0.655. The standard InChI is InChI=1S/C29H28FN3O5/c1-3-20-9-6-8-12-23(20)31-27(34)17-33-28(35)24(32-29(33)36)15-19-13-14-25(26(16-19)37-4-2)38-18-21-10-5-7-11-22(21)30/h5-16H,3-4,17-18H2,1-2H3,(H,31,34)(H,32,36)/b24-15+. The van der Waals surface area contributed by atoms with Gasteiger partial charge in [0.05, 0.1) is 6.61 Å². The van der Waals surface area contributed by atoms with E-state index >= 15 is 0 Å². The van der Waals surface area contributed by atoms with E-state index < -0.39 is 24.4 Å². The molecule has 0 bridgehead atoms. The monoisotopic (exact) mass is 517 g/mol. The molecule has 0 atom stereocenters. The highest BCUT2D eigenvalue weighted by molar-refractivity contribution is 6.16. The first-order chi connectivity index (χ1) is 18.4. The molecule has 0 radical (unpaired) electrons. The van der Waals surface area contributed by atoms with Crippen LogP contribution in [0.5, 0.6) is 11.5 Å². The van der Waals surface area contributed by atoms with E-state index in [4.69, 9.17) is 9.47 Å². The number of ether oxygens (including phenoxy) is 2. The van der Waals surface area contributed by atoms with Crippen LogP contribution >= 0.6 is 0 Å². The summed E-state index contributed by atoms with van der Waals surface area (Å²) in [6, 6.07) is 18.0. The second-order valence-electron chi connectivity index (χ2n) is 8.46. The van der Waals surface area contributed by atoms with Crippen LogP contribution in [0.25, 0.3) is 6.08 Å². The third kappa shape index (κ3) is 6.18. The van der Waals surface area contributed by atoms with E-state index in [-0.39, 0.29) is 18.1 Å². The van der Waals surface area contributed by atoms with Crippen molar-refractivity contribution < 1.29 is 28.2 Å². The molecule has 0 saturated carbocycles. The van der Waals surface area contributed by atoms with Crippen LogP contribution in [-0.4, -0.2) is 35.9 Å². The molecule has 0 aromatic heterocycles. The largest absolute Gasteiger partial charge is 0.490 e. The minimum absolute atomic E-state index is 0.0154. The van der Waals surface area contributed by atoms with Gasteiger partial charge in [0.2, 0.25) is 5.91 Å². The molecule has 1 aliphatic rings. The molecular weight excluding hydrogens is 489 g/mol. The van der Waals surface area contributed by atoms with Crippen molar-refractivity contribution in [2.24, 2.45) is 0 Å². The van der Waals surface area contributed by atoms with Crippen LogP contribution in [0, 0.1) is 5.82 Å². The van der Waals surface area contributed by atoms with Crippen molar-refractivity contribution in [3.05, 3.63) is 94.9 Å². The molecule has 0 spiro atoms. The van der Waals surface area contributed by atoms with Gasteiger partial charge in [-0.2, -0.15) is 0 Å². The number of halogens is 1. The number of carbonyl (C=O) groups excluding carboxylic acids is 3. The lowest BCUT2D eigenvalue weighted by molar-refractivity contribution is -0.127. The molecular formula is C29H28FN3O5. The van der Waals surface area contributed by atoms with Gasteiger partial charge in [0, 0.05) is 11.3 Å². The smallest absolute Gasteiger partial charge is 0.329 e. The molecule has 3 aromatic carbocycles. The number of imide groups is 1. The molecule has 3 aromatic rings. The summed E-state index contributed by atoms with van der Waals surface area (Å²) in [6.07, 6.45) is 2.22. The summed E-state index contributed by atoms with van der Waals surface area (Å²) in [4.78, 5) is 38.8. The van der Waals surface area contributed by atoms with Crippen LogP contribution in [-0.2, 0) is 22.6 Å². The molecule has 9 heteroatoms. The Balaban J connectivity index is 1.46. The van der Waals surface area contributed by atoms with Crippen LogP contribution in [0.2, 0.25) is 0 Å². The van der Waals surface area contributed by atoms with E-state index in [9.17, 15) is 18.8 Å². The van der Waals surface area contributed by atoms with Crippen LogP contribution in [0.15, 0.2) is 72.4 Å². The lowest BCUT2D eigenvalue weighted by atomic mass is 10.1. The average Bonchev–Trinajstić information content (AvgIpc) is 3.16. The highest BCUT2D eigenvalue weighted by atomic mass is 19.1. The lowest BCUT2D eigenvalue weighted by Crippen LogP contribution is -2.38. The minimum Gasteiger partial charge on any atom is -0.490 e. The number of nitrogens with one attached hydrogen (secondary N) is 2. The second-order valence-corrected chi connectivity index (χ2v) is 8.46. The summed E-state index contributed by atoms with van der Waals surface area (Å²) >= 11 is 0. The summed E-state index contributed by atoms with van der Waals surface area (Å²) < 4.78 is 25.4. The summed E-state index contributed by atoms with van der Waals surface area (Å²) in [5.41, 5.74) is 2.59. The Kier molecular flexibility index (Phi) is 8.37. The molecule has 0 unspecified atom stereocenters. The zero-order chi connectivity index (χ0) is 27.1. The first kappa shape index (κ1) is 26.4. The minimum atomic E-state index is -0.685. The Morgan fingerprint density at radius 3 is 2.45 bits per heavy atom. The van der Waals surface area contributed by atoms with E-state index in [0.717, 1.165) is 16.9 Å². The number of para-hydroxylation sites is 1. The van der Waals surface area contributed by atoms with E-state index in [2.05, 4.69) is 10.6 Å². The van der Waals surface area contributed by atoms with Gasteiger partial charge < -0.3 is 20.1 Å². The van der Waals surface area contributed by atoms with Gasteiger partial charge in [-0.05, 0) is 54.8 Å².